The van der Waals surface area contributed by atoms with Crippen molar-refractivity contribution in [3.63, 3.8) is 0 Å². The van der Waals surface area contributed by atoms with Gasteiger partial charge in [-0.15, -0.1) is 0 Å². The van der Waals surface area contributed by atoms with E-state index < -0.39 is 21.5 Å². The summed E-state index contributed by atoms with van der Waals surface area (Å²) in [6.45, 7) is 9.54. The Morgan fingerprint density at radius 2 is 0.942 bits per heavy atom. The first-order valence-corrected chi connectivity index (χ1v) is 36.9. The SMILES string of the molecule is CCc1ccc(-c2cccc3c2C=C(CC2CCCC2)[CH]3[Zr]([Cl])([Cl])([CH]2C(CC3CCCC3)=Cc3c(-c4ccc(CC)cc4)cccc32)[SiH](C)C)cc1. The van der Waals surface area contributed by atoms with Gasteiger partial charge in [0.1, 0.15) is 0 Å². The molecule has 0 aliphatic heterocycles. The third-order valence-electron chi connectivity index (χ3n) is 13.9. The molecule has 2 atom stereocenters. The molecule has 0 bridgehead atoms. The van der Waals surface area contributed by atoms with Crippen LogP contribution >= 0.6 is 17.0 Å². The van der Waals surface area contributed by atoms with Crippen molar-refractivity contribution in [3.05, 3.63) is 129 Å². The van der Waals surface area contributed by atoms with Crippen molar-refractivity contribution in [2.24, 2.45) is 11.8 Å². The predicted molar refractivity (Wildman–Crippen MR) is 228 cm³/mol. The fourth-order valence-electron chi connectivity index (χ4n) is 10.9. The maximum absolute atomic E-state index is 8.99. The van der Waals surface area contributed by atoms with Crippen LogP contribution in [-0.4, -0.2) is 5.92 Å². The molecule has 0 nitrogen and oxygen atoms in total. The van der Waals surface area contributed by atoms with Crippen LogP contribution in [0.3, 0.4) is 0 Å². The second kappa shape index (κ2) is 14.9. The summed E-state index contributed by atoms with van der Waals surface area (Å²) < 4.78 is 0.301. The zero-order valence-corrected chi connectivity index (χ0v) is 37.0. The Labute approximate surface area is 322 Å². The van der Waals surface area contributed by atoms with Crippen molar-refractivity contribution < 1.29 is 15.6 Å². The van der Waals surface area contributed by atoms with E-state index >= 15 is 0 Å². The molecule has 0 spiro atoms. The molecule has 0 N–H and O–H groups in total. The van der Waals surface area contributed by atoms with Gasteiger partial charge in [0.25, 0.3) is 0 Å². The van der Waals surface area contributed by atoms with E-state index in [9.17, 15) is 0 Å². The number of aryl methyl sites for hydroxylation is 2. The summed E-state index contributed by atoms with van der Waals surface area (Å²) in [5.74, 6) is -0.184. The molecular formula is C48H57Cl2SiZr. The number of rotatable bonds is 11. The Balaban J connectivity index is 1.32. The first-order chi connectivity index (χ1) is 25.2. The van der Waals surface area contributed by atoms with Crippen molar-refractivity contribution in [3.8, 4) is 22.3 Å². The number of fused-ring (bicyclic) bond motifs is 2. The molecule has 0 saturated heterocycles. The molecular weight excluding hydrogens is 767 g/mol. The van der Waals surface area contributed by atoms with E-state index in [1.807, 2.05) is 0 Å². The summed E-state index contributed by atoms with van der Waals surface area (Å²) in [6.07, 6.45) is 20.4. The standard InChI is InChI=1S/2C23H25.C2H7Si.2ClH.Zr/c2*1-2-17-10-12-20(13-11-17)22-9-5-8-21-15-19(16-23(21)22)14-18-6-3-4-7-18;1-3-2;;;/h2*5,8-13,15-16,18H,2-4,6-7,14H2,1H3;3H,1-2H3;2*1H;/q;;;;;+2/p-2. The van der Waals surface area contributed by atoms with Gasteiger partial charge in [0.2, 0.25) is 0 Å². The molecule has 0 heterocycles. The Bertz CT molecular complexity index is 1850. The molecule has 4 aliphatic carbocycles. The van der Waals surface area contributed by atoms with Gasteiger partial charge in [-0.1, -0.05) is 0 Å². The van der Waals surface area contributed by atoms with Crippen molar-refractivity contribution in [1.29, 1.82) is 0 Å². The second-order valence-electron chi connectivity index (χ2n) is 17.1. The summed E-state index contributed by atoms with van der Waals surface area (Å²) in [5.41, 5.74) is 16.8. The van der Waals surface area contributed by atoms with Crippen LogP contribution in [0.5, 0.6) is 0 Å². The Morgan fingerprint density at radius 3 is 1.29 bits per heavy atom. The van der Waals surface area contributed by atoms with E-state index in [2.05, 4.69) is 124 Å². The van der Waals surface area contributed by atoms with Crippen LogP contribution in [0.1, 0.15) is 119 Å². The summed E-state index contributed by atoms with van der Waals surface area (Å²) >= 11 is -4.92. The molecule has 2 fully saturated rings. The first kappa shape index (κ1) is 37.0. The third-order valence-corrected chi connectivity index (χ3v) is 65.7. The van der Waals surface area contributed by atoms with E-state index in [1.54, 1.807) is 11.1 Å². The summed E-state index contributed by atoms with van der Waals surface area (Å²) in [5, 5.41) is 0. The molecule has 271 valence electrons. The summed E-state index contributed by atoms with van der Waals surface area (Å²) in [7, 11) is 18.0. The average Bonchev–Trinajstić information content (AvgIpc) is 3.99. The molecule has 4 aliphatic rings. The van der Waals surface area contributed by atoms with E-state index in [1.165, 1.54) is 107 Å². The van der Waals surface area contributed by atoms with Gasteiger partial charge in [0.05, 0.1) is 0 Å². The molecule has 0 aromatic heterocycles. The molecule has 4 heteroatoms. The Morgan fingerprint density at radius 1 is 0.558 bits per heavy atom. The maximum atomic E-state index is 8.99. The number of hydrogen-bond acceptors (Lipinski definition) is 0. The fraction of sp³-hybridized carbons (Fsp3) is 0.417. The Hall–Kier alpha value is -1.96. The van der Waals surface area contributed by atoms with Crippen LogP contribution in [0, 0.1) is 11.8 Å². The zero-order chi connectivity index (χ0) is 36.1. The topological polar surface area (TPSA) is 0 Å². The normalized spacial score (nSPS) is 21.2. The molecule has 2 unspecified atom stereocenters. The second-order valence-corrected chi connectivity index (χ2v) is 59.6. The van der Waals surface area contributed by atoms with Crippen LogP contribution in [0.15, 0.2) is 96.1 Å². The first-order valence-electron chi connectivity index (χ1n) is 20.6. The van der Waals surface area contributed by atoms with Gasteiger partial charge in [0, 0.05) is 0 Å². The van der Waals surface area contributed by atoms with Crippen molar-refractivity contribution >= 4 is 35.1 Å². The molecule has 8 rings (SSSR count). The van der Waals surface area contributed by atoms with Crippen LogP contribution < -0.4 is 0 Å². The van der Waals surface area contributed by atoms with E-state index in [4.69, 9.17) is 17.0 Å². The van der Waals surface area contributed by atoms with E-state index in [0.29, 0.717) is 0 Å². The Kier molecular flexibility index (Phi) is 10.6. The van der Waals surface area contributed by atoms with Gasteiger partial charge in [-0.25, -0.2) is 0 Å². The van der Waals surface area contributed by atoms with Crippen molar-refractivity contribution in [2.45, 2.75) is 111 Å². The van der Waals surface area contributed by atoms with Gasteiger partial charge in [-0.2, -0.15) is 0 Å². The number of allylic oxidation sites excluding steroid dienone is 2. The van der Waals surface area contributed by atoms with Crippen LogP contribution in [0.2, 0.25) is 13.1 Å². The van der Waals surface area contributed by atoms with Gasteiger partial charge < -0.3 is 0 Å². The minimum atomic E-state index is -4.92. The molecule has 52 heavy (non-hydrogen) atoms. The van der Waals surface area contributed by atoms with Gasteiger partial charge in [-0.05, 0) is 0 Å². The molecule has 4 aromatic carbocycles. The number of benzene rings is 4. The molecule has 2 saturated carbocycles. The summed E-state index contributed by atoms with van der Waals surface area (Å²) in [4.78, 5) is 0. The third kappa shape index (κ3) is 6.48. The molecule has 0 radical (unpaired) electrons. The van der Waals surface area contributed by atoms with Crippen LogP contribution in [0.25, 0.3) is 34.4 Å². The van der Waals surface area contributed by atoms with Crippen molar-refractivity contribution in [2.75, 3.05) is 0 Å². The fourth-order valence-corrected chi connectivity index (χ4v) is 42.2. The van der Waals surface area contributed by atoms with Gasteiger partial charge in [-0.3, -0.25) is 0 Å². The number of halogens is 2. The quantitative estimate of drug-likeness (QED) is 0.132. The van der Waals surface area contributed by atoms with Gasteiger partial charge >= 0.3 is 325 Å². The zero-order valence-electron chi connectivity index (χ0n) is 31.9. The number of hydrogen-bond donors (Lipinski definition) is 0. The van der Waals surface area contributed by atoms with Gasteiger partial charge in [0.15, 0.2) is 0 Å². The van der Waals surface area contributed by atoms with E-state index in [-0.39, 0.29) is 7.25 Å². The van der Waals surface area contributed by atoms with Crippen molar-refractivity contribution in [1.82, 2.24) is 0 Å². The molecule has 0 amide bonds. The predicted octanol–water partition coefficient (Wildman–Crippen LogP) is 14.9. The van der Waals surface area contributed by atoms with E-state index in [0.717, 1.165) is 37.5 Å². The monoisotopic (exact) mass is 821 g/mol. The summed E-state index contributed by atoms with van der Waals surface area (Å²) in [6, 6.07) is 32.7. The average molecular weight is 824 g/mol. The minimum absolute atomic E-state index is 0.150. The van der Waals surface area contributed by atoms with Crippen LogP contribution in [-0.2, 0) is 28.4 Å². The van der Waals surface area contributed by atoms with Crippen LogP contribution in [0.4, 0.5) is 0 Å². The molecule has 4 aromatic rings.